The molecule has 0 radical (unpaired) electrons. The molecule has 2 aromatic heterocycles. The Labute approximate surface area is 141 Å². The summed E-state index contributed by atoms with van der Waals surface area (Å²) in [4.78, 5) is 13.3. The van der Waals surface area contributed by atoms with Gasteiger partial charge in [0.25, 0.3) is 0 Å². The van der Waals surface area contributed by atoms with Crippen molar-refractivity contribution in [1.29, 1.82) is 0 Å². The second-order valence-corrected chi connectivity index (χ2v) is 5.57. The van der Waals surface area contributed by atoms with Gasteiger partial charge in [0.05, 0.1) is 18.9 Å². The molecule has 1 fully saturated rings. The van der Waals surface area contributed by atoms with E-state index in [1.165, 1.54) is 0 Å². The predicted octanol–water partition coefficient (Wildman–Crippen LogP) is 2.43. The fourth-order valence-corrected chi connectivity index (χ4v) is 2.66. The Kier molecular flexibility index (Phi) is 5.43. The summed E-state index contributed by atoms with van der Waals surface area (Å²) < 4.78 is 11.0. The van der Waals surface area contributed by atoms with Gasteiger partial charge < -0.3 is 20.1 Å². The van der Waals surface area contributed by atoms with E-state index in [0.717, 1.165) is 36.7 Å². The van der Waals surface area contributed by atoms with Gasteiger partial charge in [0, 0.05) is 43.9 Å². The van der Waals surface area contributed by atoms with Crippen molar-refractivity contribution in [3.05, 3.63) is 35.7 Å². The normalized spacial score (nSPS) is 16.8. The summed E-state index contributed by atoms with van der Waals surface area (Å²) in [5.41, 5.74) is 2.00. The zero-order valence-corrected chi connectivity index (χ0v) is 14.1. The lowest BCUT2D eigenvalue weighted by molar-refractivity contribution is 0.193. The van der Waals surface area contributed by atoms with Crippen molar-refractivity contribution in [1.82, 2.24) is 15.0 Å². The smallest absolute Gasteiger partial charge is 0.224 e. The highest BCUT2D eigenvalue weighted by molar-refractivity contribution is 5.44. The van der Waals surface area contributed by atoms with Gasteiger partial charge in [0.2, 0.25) is 11.8 Å². The molecule has 0 unspecified atom stereocenters. The summed E-state index contributed by atoms with van der Waals surface area (Å²) >= 11 is 0. The van der Waals surface area contributed by atoms with Crippen LogP contribution in [0.15, 0.2) is 24.4 Å². The molecule has 7 heteroatoms. The van der Waals surface area contributed by atoms with Crippen molar-refractivity contribution in [2.45, 2.75) is 25.8 Å². The number of rotatable bonds is 7. The van der Waals surface area contributed by atoms with E-state index in [1.54, 1.807) is 6.20 Å². The summed E-state index contributed by atoms with van der Waals surface area (Å²) in [7, 11) is 1.82. The van der Waals surface area contributed by atoms with Crippen LogP contribution >= 0.6 is 0 Å². The number of anilines is 2. The highest BCUT2D eigenvalue weighted by Gasteiger charge is 2.20. The number of hydrogen-bond donors (Lipinski definition) is 2. The van der Waals surface area contributed by atoms with E-state index in [-0.39, 0.29) is 0 Å². The van der Waals surface area contributed by atoms with Gasteiger partial charge in [0.1, 0.15) is 5.82 Å². The lowest BCUT2D eigenvalue weighted by atomic mass is 10.0. The number of ether oxygens (including phenoxy) is 2. The van der Waals surface area contributed by atoms with Crippen LogP contribution in [0.4, 0.5) is 11.8 Å². The molecule has 2 N–H and O–H groups in total. The largest absolute Gasteiger partial charge is 0.478 e. The van der Waals surface area contributed by atoms with Crippen molar-refractivity contribution in [2.24, 2.45) is 0 Å². The maximum Gasteiger partial charge on any atom is 0.224 e. The molecule has 0 saturated carbocycles. The van der Waals surface area contributed by atoms with Gasteiger partial charge in [-0.3, -0.25) is 0 Å². The fraction of sp³-hybridized carbons (Fsp3) is 0.471. The third kappa shape index (κ3) is 3.91. The van der Waals surface area contributed by atoms with Gasteiger partial charge in [-0.2, -0.15) is 4.98 Å². The molecular formula is C17H23N5O2. The molecule has 3 rings (SSSR count). The molecule has 24 heavy (non-hydrogen) atoms. The van der Waals surface area contributed by atoms with E-state index in [2.05, 4.69) is 25.6 Å². The fourth-order valence-electron chi connectivity index (χ4n) is 2.66. The van der Waals surface area contributed by atoms with E-state index < -0.39 is 0 Å². The van der Waals surface area contributed by atoms with Gasteiger partial charge in [-0.05, 0) is 19.4 Å². The van der Waals surface area contributed by atoms with Crippen LogP contribution in [0.5, 0.6) is 5.88 Å². The van der Waals surface area contributed by atoms with E-state index in [1.807, 2.05) is 32.2 Å². The van der Waals surface area contributed by atoms with E-state index in [0.29, 0.717) is 30.9 Å². The Morgan fingerprint density at radius 2 is 2.29 bits per heavy atom. The highest BCUT2D eigenvalue weighted by Crippen LogP contribution is 2.26. The number of nitrogens with one attached hydrogen (secondary N) is 2. The summed E-state index contributed by atoms with van der Waals surface area (Å²) in [5, 5.41) is 6.37. The predicted molar refractivity (Wildman–Crippen MR) is 92.5 cm³/mol. The molecule has 2 aromatic rings. The molecular weight excluding hydrogens is 306 g/mol. The minimum Gasteiger partial charge on any atom is -0.478 e. The van der Waals surface area contributed by atoms with Crippen molar-refractivity contribution < 1.29 is 9.47 Å². The Morgan fingerprint density at radius 1 is 1.38 bits per heavy atom. The van der Waals surface area contributed by atoms with Crippen LogP contribution < -0.4 is 15.4 Å². The first-order chi connectivity index (χ1) is 11.8. The quantitative estimate of drug-likeness (QED) is 0.807. The molecule has 0 aromatic carbocycles. The molecule has 0 spiro atoms. The van der Waals surface area contributed by atoms with Crippen LogP contribution in [0, 0.1) is 0 Å². The Bertz CT molecular complexity index is 674. The monoisotopic (exact) mass is 329 g/mol. The van der Waals surface area contributed by atoms with Gasteiger partial charge in [-0.15, -0.1) is 0 Å². The molecule has 0 bridgehead atoms. The number of hydrogen-bond acceptors (Lipinski definition) is 7. The van der Waals surface area contributed by atoms with Gasteiger partial charge in [-0.25, -0.2) is 9.97 Å². The second-order valence-electron chi connectivity index (χ2n) is 5.57. The zero-order chi connectivity index (χ0) is 16.8. The lowest BCUT2D eigenvalue weighted by Crippen LogP contribution is -2.10. The second kappa shape index (κ2) is 7.92. The first-order valence-electron chi connectivity index (χ1n) is 8.25. The topological polar surface area (TPSA) is 81.2 Å². The zero-order valence-electron chi connectivity index (χ0n) is 14.1. The summed E-state index contributed by atoms with van der Waals surface area (Å²) in [5.74, 6) is 2.37. The molecule has 1 aliphatic heterocycles. The first kappa shape index (κ1) is 16.4. The molecule has 7 nitrogen and oxygen atoms in total. The van der Waals surface area contributed by atoms with Gasteiger partial charge >= 0.3 is 0 Å². The van der Waals surface area contributed by atoms with E-state index in [4.69, 9.17) is 9.47 Å². The maximum atomic E-state index is 5.56. The van der Waals surface area contributed by atoms with Crippen LogP contribution in [0.25, 0.3) is 0 Å². The maximum absolute atomic E-state index is 5.56. The van der Waals surface area contributed by atoms with Gasteiger partial charge in [0.15, 0.2) is 0 Å². The van der Waals surface area contributed by atoms with Crippen molar-refractivity contribution in [3.8, 4) is 5.88 Å². The van der Waals surface area contributed by atoms with Crippen LogP contribution in [-0.4, -0.2) is 41.8 Å². The van der Waals surface area contributed by atoms with Crippen LogP contribution in [0.3, 0.4) is 0 Å². The van der Waals surface area contributed by atoms with Crippen molar-refractivity contribution in [3.63, 3.8) is 0 Å². The number of nitrogens with zero attached hydrogens (tertiary/aromatic N) is 3. The molecule has 0 aliphatic carbocycles. The van der Waals surface area contributed by atoms with Gasteiger partial charge in [-0.1, -0.05) is 6.07 Å². The number of pyridine rings is 1. The number of aromatic nitrogens is 3. The Hall–Kier alpha value is -2.41. The average molecular weight is 329 g/mol. The first-order valence-corrected chi connectivity index (χ1v) is 8.25. The molecule has 1 atom stereocenters. The molecule has 1 aliphatic rings. The third-order valence-electron chi connectivity index (χ3n) is 3.91. The SMILES string of the molecule is CCOc1ncccc1CNc1cc([C@@H]2CCOC2)nc(NC)n1. The molecule has 3 heterocycles. The lowest BCUT2D eigenvalue weighted by Gasteiger charge is -2.13. The molecule has 1 saturated heterocycles. The average Bonchev–Trinajstić information content (AvgIpc) is 3.16. The Balaban J connectivity index is 1.76. The summed E-state index contributed by atoms with van der Waals surface area (Å²) in [6, 6.07) is 5.90. The summed E-state index contributed by atoms with van der Waals surface area (Å²) in [6.45, 7) is 4.64. The van der Waals surface area contributed by atoms with Crippen LogP contribution in [0.1, 0.15) is 30.5 Å². The van der Waals surface area contributed by atoms with Crippen LogP contribution in [-0.2, 0) is 11.3 Å². The standard InChI is InChI=1S/C17H23N5O2/c1-3-24-16-12(5-4-7-19-16)10-20-15-9-14(13-6-8-23-11-13)21-17(18-2)22-15/h4-5,7,9,13H,3,6,8,10-11H2,1-2H3,(H2,18,20,21,22)/t13-/m1/s1. The molecule has 128 valence electrons. The van der Waals surface area contributed by atoms with E-state index in [9.17, 15) is 0 Å². The van der Waals surface area contributed by atoms with E-state index >= 15 is 0 Å². The van der Waals surface area contributed by atoms with Crippen LogP contribution in [0.2, 0.25) is 0 Å². The summed E-state index contributed by atoms with van der Waals surface area (Å²) in [6.07, 6.45) is 2.73. The van der Waals surface area contributed by atoms with Crippen molar-refractivity contribution in [2.75, 3.05) is 37.5 Å². The Morgan fingerprint density at radius 3 is 3.04 bits per heavy atom. The highest BCUT2D eigenvalue weighted by atomic mass is 16.5. The molecule has 0 amide bonds. The third-order valence-corrected chi connectivity index (χ3v) is 3.91. The minimum absolute atomic E-state index is 0.332. The minimum atomic E-state index is 0.332. The van der Waals surface area contributed by atoms with Crippen molar-refractivity contribution >= 4 is 11.8 Å².